The van der Waals surface area contributed by atoms with E-state index in [-0.39, 0.29) is 18.5 Å². The summed E-state index contributed by atoms with van der Waals surface area (Å²) in [4.78, 5) is 12.5. The Morgan fingerprint density at radius 3 is 2.79 bits per heavy atom. The summed E-state index contributed by atoms with van der Waals surface area (Å²) < 4.78 is 2.01. The van der Waals surface area contributed by atoms with Gasteiger partial charge in [-0.15, -0.1) is 0 Å². The number of para-hydroxylation sites is 1. The van der Waals surface area contributed by atoms with E-state index in [0.29, 0.717) is 6.42 Å². The van der Waals surface area contributed by atoms with E-state index in [2.05, 4.69) is 11.4 Å². The second-order valence-electron chi connectivity index (χ2n) is 6.45. The third-order valence-corrected chi connectivity index (χ3v) is 4.86. The van der Waals surface area contributed by atoms with Crippen LogP contribution in [0.4, 0.5) is 0 Å². The Bertz CT molecular complexity index is 913. The zero-order valence-corrected chi connectivity index (χ0v) is 13.6. The molecule has 1 aliphatic rings. The Morgan fingerprint density at radius 2 is 1.96 bits per heavy atom. The van der Waals surface area contributed by atoms with E-state index in [9.17, 15) is 9.90 Å². The normalized spacial score (nSPS) is 19.4. The molecule has 1 aliphatic carbocycles. The molecule has 2 N–H and O–H groups in total. The molecule has 1 amide bonds. The van der Waals surface area contributed by atoms with Crippen LogP contribution in [0.15, 0.2) is 54.6 Å². The molecule has 24 heavy (non-hydrogen) atoms. The van der Waals surface area contributed by atoms with E-state index in [1.807, 2.05) is 60.0 Å². The molecule has 2 aromatic carbocycles. The standard InChI is InChI=1S/C20H20N2O2/c1-13-10-15-7-3-5-9-18(15)22(13)12-19(23)21-17-11-14-6-2-4-8-16(14)20(17)24/h2-10,17,20,24H,11-12H2,1H3,(H,21,23)/t17-,20-/m1/s1. The van der Waals surface area contributed by atoms with Gasteiger partial charge < -0.3 is 15.0 Å². The Morgan fingerprint density at radius 1 is 1.21 bits per heavy atom. The Kier molecular flexibility index (Phi) is 3.62. The van der Waals surface area contributed by atoms with Gasteiger partial charge >= 0.3 is 0 Å². The number of aromatic nitrogens is 1. The highest BCUT2D eigenvalue weighted by molar-refractivity contribution is 5.84. The van der Waals surface area contributed by atoms with Gasteiger partial charge in [0.15, 0.2) is 0 Å². The maximum absolute atomic E-state index is 12.5. The quantitative estimate of drug-likeness (QED) is 0.779. The van der Waals surface area contributed by atoms with Crippen LogP contribution in [-0.2, 0) is 17.8 Å². The average molecular weight is 320 g/mol. The maximum Gasteiger partial charge on any atom is 0.240 e. The lowest BCUT2D eigenvalue weighted by molar-refractivity contribution is -0.123. The number of aliphatic hydroxyl groups excluding tert-OH is 1. The largest absolute Gasteiger partial charge is 0.386 e. The van der Waals surface area contributed by atoms with Crippen LogP contribution >= 0.6 is 0 Å². The molecule has 0 unspecified atom stereocenters. The second kappa shape index (κ2) is 5.80. The number of hydrogen-bond acceptors (Lipinski definition) is 2. The number of rotatable bonds is 3. The van der Waals surface area contributed by atoms with E-state index in [1.54, 1.807) is 0 Å². The highest BCUT2D eigenvalue weighted by Crippen LogP contribution is 2.31. The van der Waals surface area contributed by atoms with Crippen molar-refractivity contribution in [1.82, 2.24) is 9.88 Å². The number of aryl methyl sites for hydroxylation is 1. The van der Waals surface area contributed by atoms with Gasteiger partial charge in [-0.3, -0.25) is 4.79 Å². The molecular formula is C20H20N2O2. The molecule has 122 valence electrons. The summed E-state index contributed by atoms with van der Waals surface area (Å²) in [6, 6.07) is 17.7. The predicted molar refractivity (Wildman–Crippen MR) is 93.7 cm³/mol. The van der Waals surface area contributed by atoms with Crippen LogP contribution in [0.3, 0.4) is 0 Å². The summed E-state index contributed by atoms with van der Waals surface area (Å²) in [5.41, 5.74) is 4.14. The third-order valence-electron chi connectivity index (χ3n) is 4.86. The molecule has 0 spiro atoms. The Labute approximate surface area is 140 Å². The van der Waals surface area contributed by atoms with Gasteiger partial charge in [0.05, 0.1) is 12.1 Å². The van der Waals surface area contributed by atoms with Crippen LogP contribution in [0.25, 0.3) is 10.9 Å². The summed E-state index contributed by atoms with van der Waals surface area (Å²) in [6.45, 7) is 2.27. The number of benzene rings is 2. The van der Waals surface area contributed by atoms with Crippen molar-refractivity contribution in [2.75, 3.05) is 0 Å². The molecule has 0 radical (unpaired) electrons. The number of amides is 1. The molecule has 4 heteroatoms. The van der Waals surface area contributed by atoms with E-state index in [1.165, 1.54) is 0 Å². The third kappa shape index (κ3) is 2.49. The number of carbonyl (C=O) groups excluding carboxylic acids is 1. The smallest absolute Gasteiger partial charge is 0.240 e. The first-order valence-electron chi connectivity index (χ1n) is 8.23. The van der Waals surface area contributed by atoms with Crippen LogP contribution < -0.4 is 5.32 Å². The van der Waals surface area contributed by atoms with Gasteiger partial charge in [-0.05, 0) is 42.0 Å². The van der Waals surface area contributed by atoms with Crippen LogP contribution in [0.5, 0.6) is 0 Å². The molecule has 4 nitrogen and oxygen atoms in total. The summed E-state index contributed by atoms with van der Waals surface area (Å²) in [6.07, 6.45) is 0.0433. The molecule has 0 bridgehead atoms. The van der Waals surface area contributed by atoms with Crippen molar-refractivity contribution >= 4 is 16.8 Å². The average Bonchev–Trinajstić information content (AvgIpc) is 3.06. The summed E-state index contributed by atoms with van der Waals surface area (Å²) in [5.74, 6) is -0.0729. The molecule has 0 saturated carbocycles. The SMILES string of the molecule is Cc1cc2ccccc2n1CC(=O)N[C@@H]1Cc2ccccc2[C@H]1O. The van der Waals surface area contributed by atoms with Crippen molar-refractivity contribution in [3.63, 3.8) is 0 Å². The van der Waals surface area contributed by atoms with Crippen LogP contribution in [0.2, 0.25) is 0 Å². The van der Waals surface area contributed by atoms with Gasteiger partial charge in [-0.25, -0.2) is 0 Å². The highest BCUT2D eigenvalue weighted by Gasteiger charge is 2.31. The zero-order valence-electron chi connectivity index (χ0n) is 13.6. The number of hydrogen-bond donors (Lipinski definition) is 2. The predicted octanol–water partition coefficient (Wildman–Crippen LogP) is 2.72. The number of nitrogens with zero attached hydrogens (tertiary/aromatic N) is 1. The second-order valence-corrected chi connectivity index (χ2v) is 6.45. The van der Waals surface area contributed by atoms with Gasteiger partial charge in [0, 0.05) is 11.2 Å². The highest BCUT2D eigenvalue weighted by atomic mass is 16.3. The first kappa shape index (κ1) is 15.0. The minimum atomic E-state index is -0.632. The van der Waals surface area contributed by atoms with E-state index in [0.717, 1.165) is 27.7 Å². The fraction of sp³-hybridized carbons (Fsp3) is 0.250. The first-order chi connectivity index (χ1) is 11.6. The lowest BCUT2D eigenvalue weighted by atomic mass is 10.1. The van der Waals surface area contributed by atoms with E-state index < -0.39 is 6.10 Å². The van der Waals surface area contributed by atoms with Gasteiger partial charge in [0.1, 0.15) is 6.54 Å². The fourth-order valence-electron chi connectivity index (χ4n) is 3.66. The van der Waals surface area contributed by atoms with Crippen molar-refractivity contribution in [1.29, 1.82) is 0 Å². The van der Waals surface area contributed by atoms with Crippen LogP contribution in [0.1, 0.15) is 22.9 Å². The minimum Gasteiger partial charge on any atom is -0.386 e. The van der Waals surface area contributed by atoms with Crippen molar-refractivity contribution in [2.24, 2.45) is 0 Å². The van der Waals surface area contributed by atoms with E-state index >= 15 is 0 Å². The molecule has 0 aliphatic heterocycles. The number of nitrogens with one attached hydrogen (secondary N) is 1. The summed E-state index contributed by atoms with van der Waals surface area (Å²) in [5, 5.41) is 14.6. The summed E-state index contributed by atoms with van der Waals surface area (Å²) in [7, 11) is 0. The van der Waals surface area contributed by atoms with Gasteiger partial charge in [0.2, 0.25) is 5.91 Å². The number of aliphatic hydroxyl groups is 1. The molecule has 1 aromatic heterocycles. The van der Waals surface area contributed by atoms with Gasteiger partial charge in [-0.2, -0.15) is 0 Å². The van der Waals surface area contributed by atoms with Crippen molar-refractivity contribution < 1.29 is 9.90 Å². The minimum absolute atomic E-state index is 0.0729. The van der Waals surface area contributed by atoms with E-state index in [4.69, 9.17) is 0 Å². The van der Waals surface area contributed by atoms with Crippen molar-refractivity contribution in [3.8, 4) is 0 Å². The zero-order chi connectivity index (χ0) is 16.7. The number of carbonyl (C=O) groups is 1. The topological polar surface area (TPSA) is 54.3 Å². The van der Waals surface area contributed by atoms with Crippen molar-refractivity contribution in [3.05, 3.63) is 71.4 Å². The fourth-order valence-corrected chi connectivity index (χ4v) is 3.66. The molecular weight excluding hydrogens is 300 g/mol. The van der Waals surface area contributed by atoms with Gasteiger partial charge in [-0.1, -0.05) is 42.5 Å². The molecule has 3 aromatic rings. The molecule has 0 fully saturated rings. The maximum atomic E-state index is 12.5. The first-order valence-corrected chi connectivity index (χ1v) is 8.23. The van der Waals surface area contributed by atoms with Crippen LogP contribution in [-0.4, -0.2) is 21.6 Å². The lowest BCUT2D eigenvalue weighted by Gasteiger charge is -2.18. The Hall–Kier alpha value is -2.59. The lowest BCUT2D eigenvalue weighted by Crippen LogP contribution is -2.39. The van der Waals surface area contributed by atoms with Crippen molar-refractivity contribution in [2.45, 2.75) is 32.0 Å². The van der Waals surface area contributed by atoms with Gasteiger partial charge in [0.25, 0.3) is 0 Å². The molecule has 4 rings (SSSR count). The number of fused-ring (bicyclic) bond motifs is 2. The Balaban J connectivity index is 1.51. The molecule has 1 heterocycles. The monoisotopic (exact) mass is 320 g/mol. The molecule has 2 atom stereocenters. The van der Waals surface area contributed by atoms with Crippen LogP contribution in [0, 0.1) is 6.92 Å². The molecule has 0 saturated heterocycles. The summed E-state index contributed by atoms with van der Waals surface area (Å²) >= 11 is 0.